The molecule has 8 rings (SSSR count). The predicted molar refractivity (Wildman–Crippen MR) is 265 cm³/mol. The average molecular weight is 966 g/mol. The van der Waals surface area contributed by atoms with E-state index in [1.54, 1.807) is 58.9 Å². The van der Waals surface area contributed by atoms with Gasteiger partial charge in [0.25, 0.3) is 11.7 Å². The molecule has 0 aliphatic carbocycles. The zero-order chi connectivity index (χ0) is 50.8. The van der Waals surface area contributed by atoms with Crippen molar-refractivity contribution in [2.45, 2.75) is 117 Å². The van der Waals surface area contributed by atoms with Gasteiger partial charge in [-0.1, -0.05) is 90.1 Å². The third-order valence-corrected chi connectivity index (χ3v) is 14.6. The van der Waals surface area contributed by atoms with Crippen molar-refractivity contribution < 1.29 is 53.8 Å². The van der Waals surface area contributed by atoms with Gasteiger partial charge in [0.05, 0.1) is 47.4 Å². The molecule has 1 amide bonds. The summed E-state index contributed by atoms with van der Waals surface area (Å²) in [5.41, 5.74) is 0.512. The minimum atomic E-state index is -1.98. The molecule has 0 saturated carbocycles. The molecule has 1 fully saturated rings. The third-order valence-electron chi connectivity index (χ3n) is 14.6. The summed E-state index contributed by atoms with van der Waals surface area (Å²) in [6.45, 7) is 18.7. The number of phenolic OH excluding ortho intramolecular Hbond substituents is 2. The lowest BCUT2D eigenvalue weighted by Gasteiger charge is -2.38. The zero-order valence-electron chi connectivity index (χ0n) is 42.1. The van der Waals surface area contributed by atoms with Crippen molar-refractivity contribution in [2.75, 3.05) is 45.2 Å². The van der Waals surface area contributed by atoms with Crippen LogP contribution in [0, 0.1) is 36.5 Å². The second kappa shape index (κ2) is 21.4. The Kier molecular flexibility index (Phi) is 15.9. The molecule has 0 unspecified atom stereocenters. The second-order valence-corrected chi connectivity index (χ2v) is 20.2. The number of allylic oxidation sites excluding steroid dienone is 2. The number of piperidine rings is 1. The largest absolute Gasteiger partial charge is 0.507 e. The van der Waals surface area contributed by atoms with Gasteiger partial charge in [-0.15, -0.1) is 0 Å². The minimum Gasteiger partial charge on any atom is -0.507 e. The van der Waals surface area contributed by atoms with Crippen LogP contribution in [0.2, 0.25) is 0 Å². The van der Waals surface area contributed by atoms with Crippen LogP contribution in [0.3, 0.4) is 0 Å². The van der Waals surface area contributed by atoms with Gasteiger partial charge >= 0.3 is 11.8 Å². The molecule has 5 bridgehead atoms. The van der Waals surface area contributed by atoms with Crippen molar-refractivity contribution >= 4 is 34.1 Å². The summed E-state index contributed by atoms with van der Waals surface area (Å²) >= 11 is 0. The maximum Gasteiger partial charge on any atom is 0.320 e. The van der Waals surface area contributed by atoms with Gasteiger partial charge in [0.1, 0.15) is 28.6 Å². The molecule has 5 aliphatic heterocycles. The summed E-state index contributed by atoms with van der Waals surface area (Å²) in [6, 6.07) is 9.88. The number of amides is 1. The number of nitrogens with one attached hydrogen (secondary N) is 2. The molecule has 16 nitrogen and oxygen atoms in total. The number of methoxy groups -OCH3 is 1. The van der Waals surface area contributed by atoms with E-state index in [1.807, 2.05) is 37.3 Å². The minimum absolute atomic E-state index is 0.0313. The molecule has 3 aromatic carbocycles. The smallest absolute Gasteiger partial charge is 0.320 e. The van der Waals surface area contributed by atoms with Crippen LogP contribution in [0.15, 0.2) is 76.5 Å². The van der Waals surface area contributed by atoms with Gasteiger partial charge in [0.15, 0.2) is 11.4 Å². The lowest BCUT2D eigenvalue weighted by molar-refractivity contribution is -0.162. The second-order valence-electron chi connectivity index (χ2n) is 20.2. The number of nitrogens with zero attached hydrogens (tertiary/aromatic N) is 3. The highest BCUT2D eigenvalue weighted by Crippen LogP contribution is 2.50. The first-order valence-corrected chi connectivity index (χ1v) is 24.5. The Morgan fingerprint density at radius 1 is 0.943 bits per heavy atom. The summed E-state index contributed by atoms with van der Waals surface area (Å²) in [5.74, 6) is -6.64. The van der Waals surface area contributed by atoms with Crippen molar-refractivity contribution in [3.05, 3.63) is 93.9 Å². The molecule has 5 heterocycles. The lowest BCUT2D eigenvalue weighted by Crippen LogP contribution is -2.47. The summed E-state index contributed by atoms with van der Waals surface area (Å²) in [5, 5.41) is 54.1. The Bertz CT molecular complexity index is 2680. The topological polar surface area (TPSA) is 221 Å². The fourth-order valence-corrected chi connectivity index (χ4v) is 10.3. The van der Waals surface area contributed by atoms with Crippen LogP contribution in [0.4, 0.5) is 5.69 Å². The normalized spacial score (nSPS) is 29.9. The number of likely N-dealkylation sites (tertiary alicyclic amines) is 1. The number of carbonyl (C=O) groups excluding carboxylic acids is 3. The number of hydrogen-bond donors (Lipinski definition) is 6. The van der Waals surface area contributed by atoms with Gasteiger partial charge in [-0.05, 0) is 44.4 Å². The first kappa shape index (κ1) is 52.2. The SMILES string of the molecule is CO[C@H]1/C=C/O[C@@]2(C)Oc3c(C)c(O)c4c(O)c(c5c(c4c3C2=O)=NC2(CCN(CC(C)C)CC2)N=5)NC(=O)/C(C)=C\C=C\[C@H](C)[C@H](O)[C@@H](C)[C@@H](O)[C@@H](C)[C@H](OC(=O)CNCCc2ccccc2)[C@@H]1C. The number of rotatable bonds is 9. The van der Waals surface area contributed by atoms with E-state index in [-0.39, 0.29) is 61.9 Å². The van der Waals surface area contributed by atoms with Crippen LogP contribution in [-0.2, 0) is 30.2 Å². The number of esters is 1. The van der Waals surface area contributed by atoms with Crippen molar-refractivity contribution in [1.29, 1.82) is 0 Å². The van der Waals surface area contributed by atoms with E-state index in [0.717, 1.165) is 12.1 Å². The molecule has 1 spiro atoms. The maximum absolute atomic E-state index is 14.9. The Morgan fingerprint density at radius 2 is 1.63 bits per heavy atom. The molecule has 0 radical (unpaired) electrons. The standard InChI is InChI=1S/C54H71N5O11/c1-29(2)28-59-24-21-54(22-25-59)57-42-39-40-47(63)35(8)50-41(39)51(65)53(9,70-50)68-26-20-37(67-10)32(5)49(69-38(60)27-55-23-19-36-17-12-11-13-18-36)34(7)46(62)33(6)45(61)30(3)15-14-16-31(4)52(66)56-44(48(40)64)43(42)58-54/h11-18,20,26,29-30,32-34,37,45-46,49,55,61-64H,19,21-25,27-28H2,1-10H3,(H,56,66)/b15-14+,26-20+,31-16-/t30-,32+,33+,34+,37-,45-,46+,49+,53-/m0/s1. The molecule has 6 N–H and O–H groups in total. The van der Waals surface area contributed by atoms with Crippen LogP contribution in [0.25, 0.3) is 10.8 Å². The summed E-state index contributed by atoms with van der Waals surface area (Å²) in [7, 11) is 1.48. The van der Waals surface area contributed by atoms with Gasteiger partial charge in [0, 0.05) is 86.7 Å². The van der Waals surface area contributed by atoms with Crippen molar-refractivity contribution in [2.24, 2.45) is 39.6 Å². The zero-order valence-corrected chi connectivity index (χ0v) is 42.1. The number of hydrogen-bond acceptors (Lipinski definition) is 15. The predicted octanol–water partition coefficient (Wildman–Crippen LogP) is 5.56. The summed E-state index contributed by atoms with van der Waals surface area (Å²) < 4.78 is 24.7. The maximum atomic E-state index is 14.9. The van der Waals surface area contributed by atoms with Crippen LogP contribution in [0.1, 0.15) is 89.7 Å². The highest BCUT2D eigenvalue weighted by atomic mass is 16.7. The van der Waals surface area contributed by atoms with Gasteiger partial charge in [-0.25, -0.2) is 0 Å². The van der Waals surface area contributed by atoms with Gasteiger partial charge in [0.2, 0.25) is 0 Å². The highest BCUT2D eigenvalue weighted by Gasteiger charge is 2.50. The third kappa shape index (κ3) is 10.5. The Labute approximate surface area is 410 Å². The van der Waals surface area contributed by atoms with Crippen LogP contribution in [-0.4, -0.2) is 119 Å². The number of ether oxygens (including phenoxy) is 4. The Hall–Kier alpha value is -5.65. The van der Waals surface area contributed by atoms with E-state index >= 15 is 0 Å². The number of anilines is 1. The number of fused-ring (bicyclic) bond motifs is 13. The summed E-state index contributed by atoms with van der Waals surface area (Å²) in [4.78, 5) is 55.2. The number of benzene rings is 3. The molecule has 1 saturated heterocycles. The number of Topliss-reactive ketones (excluding diaryl/α,β-unsaturated/α-hetero) is 1. The fourth-order valence-electron chi connectivity index (χ4n) is 10.3. The van der Waals surface area contributed by atoms with E-state index in [1.165, 1.54) is 20.3 Å². The molecule has 70 heavy (non-hydrogen) atoms. The molecular formula is C54H71N5O11. The number of aromatic hydroxyl groups is 2. The van der Waals surface area contributed by atoms with Crippen molar-refractivity contribution in [3.63, 3.8) is 0 Å². The quantitative estimate of drug-likeness (QED) is 0.0880. The van der Waals surface area contributed by atoms with Gasteiger partial charge in [-0.3, -0.25) is 24.4 Å². The van der Waals surface area contributed by atoms with E-state index in [9.17, 15) is 34.8 Å². The molecule has 3 aromatic rings. The van der Waals surface area contributed by atoms with Crippen molar-refractivity contribution in [3.8, 4) is 17.2 Å². The van der Waals surface area contributed by atoms with E-state index < -0.39 is 82.9 Å². The average Bonchev–Trinajstić information content (AvgIpc) is 3.84. The van der Waals surface area contributed by atoms with Gasteiger partial charge < -0.3 is 54.9 Å². The van der Waals surface area contributed by atoms with Gasteiger partial charge in [-0.2, -0.15) is 0 Å². The Morgan fingerprint density at radius 3 is 2.30 bits per heavy atom. The first-order valence-electron chi connectivity index (χ1n) is 24.5. The number of ketones is 1. The molecule has 16 heteroatoms. The van der Waals surface area contributed by atoms with Crippen LogP contribution >= 0.6 is 0 Å². The first-order chi connectivity index (χ1) is 33.2. The molecule has 0 aromatic heterocycles. The molecule has 5 aliphatic rings. The lowest BCUT2D eigenvalue weighted by atomic mass is 9.78. The fraction of sp³-hybridized carbons (Fsp3) is 0.537. The highest BCUT2D eigenvalue weighted by molar-refractivity contribution is 6.19. The monoisotopic (exact) mass is 966 g/mol. The molecular weight excluding hydrogens is 895 g/mol. The van der Waals surface area contributed by atoms with Crippen molar-refractivity contribution in [1.82, 2.24) is 10.2 Å². The van der Waals surface area contributed by atoms with E-state index in [4.69, 9.17) is 28.9 Å². The number of carbonyl (C=O) groups is 3. The van der Waals surface area contributed by atoms with Crippen LogP contribution < -0.4 is 26.1 Å². The summed E-state index contributed by atoms with van der Waals surface area (Å²) in [6.07, 6.45) is 5.60. The number of aliphatic hydroxyl groups excluding tert-OH is 2. The number of phenols is 2. The number of aliphatic hydroxyl groups is 2. The molecule has 9 atom stereocenters. The van der Waals surface area contributed by atoms with E-state index in [2.05, 4.69) is 29.4 Å². The Balaban J connectivity index is 1.29. The van der Waals surface area contributed by atoms with Crippen LogP contribution in [0.5, 0.6) is 17.2 Å². The molecule has 378 valence electrons. The van der Waals surface area contributed by atoms with E-state index in [0.29, 0.717) is 44.8 Å².